The van der Waals surface area contributed by atoms with E-state index in [1.54, 1.807) is 0 Å². The standard InChI is InChI=1S/C14H24N4O9/c1-6(20)11(18-12(24)8(5-19)16-9(21)4-15)13(25)17-7(14(26)27)2-3-10(22)23/h6-8,11,19-20H,2-5,15H2,1H3,(H,16,21)(H,17,25)(H,18,24)(H,22,23)(H,26,27). The van der Waals surface area contributed by atoms with Crippen molar-refractivity contribution in [2.75, 3.05) is 13.2 Å². The van der Waals surface area contributed by atoms with Crippen LogP contribution in [0.15, 0.2) is 0 Å². The quantitative estimate of drug-likeness (QED) is 0.159. The van der Waals surface area contributed by atoms with E-state index in [9.17, 15) is 29.1 Å². The highest BCUT2D eigenvalue weighted by molar-refractivity contribution is 5.94. The van der Waals surface area contributed by atoms with E-state index in [-0.39, 0.29) is 0 Å². The van der Waals surface area contributed by atoms with Crippen molar-refractivity contribution in [2.24, 2.45) is 5.73 Å². The van der Waals surface area contributed by atoms with Gasteiger partial charge in [0, 0.05) is 6.42 Å². The molecule has 0 heterocycles. The van der Waals surface area contributed by atoms with Crippen molar-refractivity contribution >= 4 is 29.7 Å². The van der Waals surface area contributed by atoms with Gasteiger partial charge in [-0.05, 0) is 13.3 Å². The zero-order chi connectivity index (χ0) is 21.1. The summed E-state index contributed by atoms with van der Waals surface area (Å²) in [7, 11) is 0. The van der Waals surface area contributed by atoms with Gasteiger partial charge in [-0.1, -0.05) is 0 Å². The molecule has 13 heteroatoms. The van der Waals surface area contributed by atoms with E-state index in [1.807, 2.05) is 5.32 Å². The van der Waals surface area contributed by atoms with Gasteiger partial charge in [-0.3, -0.25) is 19.2 Å². The lowest BCUT2D eigenvalue weighted by Crippen LogP contribution is -2.60. The molecule has 4 atom stereocenters. The van der Waals surface area contributed by atoms with Crippen LogP contribution in [0.25, 0.3) is 0 Å². The van der Waals surface area contributed by atoms with Gasteiger partial charge in [0.1, 0.15) is 18.1 Å². The fourth-order valence-corrected chi connectivity index (χ4v) is 1.89. The number of carbonyl (C=O) groups excluding carboxylic acids is 3. The maximum atomic E-state index is 12.2. The monoisotopic (exact) mass is 392 g/mol. The van der Waals surface area contributed by atoms with Crippen LogP contribution in [-0.2, 0) is 24.0 Å². The number of hydrogen-bond donors (Lipinski definition) is 8. The molecule has 4 unspecified atom stereocenters. The Morgan fingerprint density at radius 1 is 0.963 bits per heavy atom. The number of aliphatic carboxylic acids is 2. The first-order chi connectivity index (χ1) is 12.5. The van der Waals surface area contributed by atoms with E-state index in [4.69, 9.17) is 21.1 Å². The van der Waals surface area contributed by atoms with Crippen LogP contribution in [0.2, 0.25) is 0 Å². The molecule has 0 bridgehead atoms. The molecule has 0 rings (SSSR count). The summed E-state index contributed by atoms with van der Waals surface area (Å²) in [6.45, 7) is -0.125. The second kappa shape index (κ2) is 11.8. The maximum Gasteiger partial charge on any atom is 0.326 e. The average molecular weight is 392 g/mol. The molecule has 0 aromatic heterocycles. The molecule has 0 aromatic carbocycles. The Labute approximate surface area is 153 Å². The SMILES string of the molecule is CC(O)C(NC(=O)C(CO)NC(=O)CN)C(=O)NC(CCC(=O)O)C(=O)O. The van der Waals surface area contributed by atoms with Crippen molar-refractivity contribution in [2.45, 2.75) is 44.0 Å². The Hall–Kier alpha value is -2.77. The third-order valence-electron chi connectivity index (χ3n) is 3.34. The number of rotatable bonds is 12. The Kier molecular flexibility index (Phi) is 10.6. The Morgan fingerprint density at radius 2 is 1.56 bits per heavy atom. The number of nitrogens with one attached hydrogen (secondary N) is 3. The van der Waals surface area contributed by atoms with Crippen LogP contribution in [0.4, 0.5) is 0 Å². The normalized spacial score (nSPS) is 15.0. The fourth-order valence-electron chi connectivity index (χ4n) is 1.89. The van der Waals surface area contributed by atoms with Gasteiger partial charge in [0.2, 0.25) is 17.7 Å². The molecule has 0 saturated carbocycles. The third kappa shape index (κ3) is 8.94. The largest absolute Gasteiger partial charge is 0.481 e. The summed E-state index contributed by atoms with van der Waals surface area (Å²) in [5.41, 5.74) is 5.08. The molecule has 13 nitrogen and oxygen atoms in total. The van der Waals surface area contributed by atoms with Gasteiger partial charge in [-0.2, -0.15) is 0 Å². The van der Waals surface area contributed by atoms with Crippen molar-refractivity contribution in [3.63, 3.8) is 0 Å². The Balaban J connectivity index is 5.10. The number of nitrogens with two attached hydrogens (primary N) is 1. The van der Waals surface area contributed by atoms with Gasteiger partial charge in [-0.25, -0.2) is 4.79 Å². The first-order valence-electron chi connectivity index (χ1n) is 7.87. The van der Waals surface area contributed by atoms with Crippen LogP contribution in [0.5, 0.6) is 0 Å². The maximum absolute atomic E-state index is 12.2. The minimum Gasteiger partial charge on any atom is -0.481 e. The molecule has 0 spiro atoms. The van der Waals surface area contributed by atoms with E-state index in [0.29, 0.717) is 0 Å². The molecule has 154 valence electrons. The van der Waals surface area contributed by atoms with E-state index < -0.39 is 79.9 Å². The summed E-state index contributed by atoms with van der Waals surface area (Å²) in [5.74, 6) is -5.61. The predicted molar refractivity (Wildman–Crippen MR) is 88.1 cm³/mol. The summed E-state index contributed by atoms with van der Waals surface area (Å²) < 4.78 is 0. The summed E-state index contributed by atoms with van der Waals surface area (Å²) in [5, 5.41) is 42.7. The van der Waals surface area contributed by atoms with Gasteiger partial charge >= 0.3 is 11.9 Å². The van der Waals surface area contributed by atoms with E-state index in [2.05, 4.69) is 10.6 Å². The predicted octanol–water partition coefficient (Wildman–Crippen LogP) is -4.28. The van der Waals surface area contributed by atoms with Crippen LogP contribution < -0.4 is 21.7 Å². The lowest BCUT2D eigenvalue weighted by atomic mass is 10.1. The number of hydrogen-bond acceptors (Lipinski definition) is 8. The van der Waals surface area contributed by atoms with Crippen LogP contribution in [0.3, 0.4) is 0 Å². The number of carboxylic acids is 2. The van der Waals surface area contributed by atoms with Gasteiger partial charge < -0.3 is 42.1 Å². The highest BCUT2D eigenvalue weighted by Gasteiger charge is 2.32. The number of carbonyl (C=O) groups is 5. The van der Waals surface area contributed by atoms with Crippen LogP contribution in [0.1, 0.15) is 19.8 Å². The molecule has 0 aromatic rings. The van der Waals surface area contributed by atoms with Gasteiger partial charge in [0.05, 0.1) is 19.3 Å². The van der Waals surface area contributed by atoms with Crippen molar-refractivity contribution < 1.29 is 44.4 Å². The molecule has 3 amide bonds. The van der Waals surface area contributed by atoms with E-state index in [0.717, 1.165) is 6.92 Å². The second-order valence-corrected chi connectivity index (χ2v) is 5.57. The molecular weight excluding hydrogens is 368 g/mol. The van der Waals surface area contributed by atoms with Crippen molar-refractivity contribution in [3.8, 4) is 0 Å². The molecule has 9 N–H and O–H groups in total. The molecule has 0 aliphatic rings. The lowest BCUT2D eigenvalue weighted by Gasteiger charge is -2.25. The molecular formula is C14H24N4O9. The van der Waals surface area contributed by atoms with Crippen LogP contribution in [-0.4, -0.2) is 87.5 Å². The average Bonchev–Trinajstić information content (AvgIpc) is 2.59. The molecule has 0 fully saturated rings. The summed E-state index contributed by atoms with van der Waals surface area (Å²) in [6.07, 6.45) is -2.41. The molecule has 0 saturated heterocycles. The number of amides is 3. The lowest BCUT2D eigenvalue weighted by molar-refractivity contribution is -0.144. The number of aliphatic hydroxyl groups excluding tert-OH is 2. The minimum absolute atomic E-state index is 0.414. The van der Waals surface area contributed by atoms with Crippen molar-refractivity contribution in [1.82, 2.24) is 16.0 Å². The van der Waals surface area contributed by atoms with Crippen LogP contribution in [0, 0.1) is 0 Å². The van der Waals surface area contributed by atoms with E-state index in [1.165, 1.54) is 0 Å². The Bertz CT molecular complexity index is 567. The molecule has 27 heavy (non-hydrogen) atoms. The summed E-state index contributed by atoms with van der Waals surface area (Å²) in [6, 6.07) is -4.62. The van der Waals surface area contributed by atoms with Gasteiger partial charge in [-0.15, -0.1) is 0 Å². The fraction of sp³-hybridized carbons (Fsp3) is 0.643. The topological polar surface area (TPSA) is 228 Å². The number of aliphatic hydroxyl groups is 2. The zero-order valence-corrected chi connectivity index (χ0v) is 14.5. The van der Waals surface area contributed by atoms with Crippen molar-refractivity contribution in [3.05, 3.63) is 0 Å². The first kappa shape index (κ1) is 24.2. The zero-order valence-electron chi connectivity index (χ0n) is 14.5. The Morgan fingerprint density at radius 3 is 1.96 bits per heavy atom. The highest BCUT2D eigenvalue weighted by atomic mass is 16.4. The van der Waals surface area contributed by atoms with E-state index >= 15 is 0 Å². The molecule has 0 aliphatic carbocycles. The highest BCUT2D eigenvalue weighted by Crippen LogP contribution is 2.02. The second-order valence-electron chi connectivity index (χ2n) is 5.57. The van der Waals surface area contributed by atoms with Gasteiger partial charge in [0.15, 0.2) is 0 Å². The molecule has 0 aliphatic heterocycles. The molecule has 0 radical (unpaired) electrons. The minimum atomic E-state index is -1.62. The first-order valence-corrected chi connectivity index (χ1v) is 7.87. The third-order valence-corrected chi connectivity index (χ3v) is 3.34. The number of carboxylic acid groups (broad SMARTS) is 2. The van der Waals surface area contributed by atoms with Gasteiger partial charge in [0.25, 0.3) is 0 Å². The van der Waals surface area contributed by atoms with Crippen LogP contribution >= 0.6 is 0 Å². The summed E-state index contributed by atoms with van der Waals surface area (Å²) in [4.78, 5) is 57.2. The van der Waals surface area contributed by atoms with Crippen molar-refractivity contribution in [1.29, 1.82) is 0 Å². The summed E-state index contributed by atoms with van der Waals surface area (Å²) >= 11 is 0. The smallest absolute Gasteiger partial charge is 0.326 e.